The van der Waals surface area contributed by atoms with Crippen LogP contribution in [0.15, 0.2) is 39.7 Å². The van der Waals surface area contributed by atoms with E-state index in [4.69, 9.17) is 32.4 Å². The van der Waals surface area contributed by atoms with Gasteiger partial charge in [-0.3, -0.25) is 14.5 Å². The topological polar surface area (TPSA) is 76.8 Å². The highest BCUT2D eigenvalue weighted by molar-refractivity contribution is 8.18. The van der Waals surface area contributed by atoms with Gasteiger partial charge in [-0.2, -0.15) is 0 Å². The van der Waals surface area contributed by atoms with Gasteiger partial charge in [0.1, 0.15) is 17.6 Å². The predicted octanol–water partition coefficient (Wildman–Crippen LogP) is 5.24. The molecule has 9 heteroatoms. The first-order valence-corrected chi connectivity index (χ1v) is 9.88. The minimum absolute atomic E-state index is 0.152. The first-order chi connectivity index (χ1) is 13.3. The van der Waals surface area contributed by atoms with Crippen molar-refractivity contribution in [3.05, 3.63) is 51.0 Å². The lowest BCUT2D eigenvalue weighted by atomic mass is 10.2. The van der Waals surface area contributed by atoms with Gasteiger partial charge in [-0.05, 0) is 55.9 Å². The van der Waals surface area contributed by atoms with E-state index in [1.54, 1.807) is 37.3 Å². The van der Waals surface area contributed by atoms with Crippen molar-refractivity contribution in [1.82, 2.24) is 4.90 Å². The molecule has 146 valence electrons. The Balaban J connectivity index is 1.84. The van der Waals surface area contributed by atoms with Gasteiger partial charge < -0.3 is 9.15 Å². The Morgan fingerprint density at radius 3 is 2.75 bits per heavy atom. The molecule has 1 atom stereocenters. The molecule has 0 spiro atoms. The number of hydrogen-bond donors (Lipinski definition) is 0. The molecule has 3 rings (SSSR count). The molecule has 0 N–H and O–H groups in total. The highest BCUT2D eigenvalue weighted by Gasteiger charge is 2.41. The molecule has 1 saturated heterocycles. The van der Waals surface area contributed by atoms with Crippen molar-refractivity contribution in [2.24, 2.45) is 0 Å². The fourth-order valence-corrected chi connectivity index (χ4v) is 3.84. The molecule has 2 amide bonds. The summed E-state index contributed by atoms with van der Waals surface area (Å²) in [7, 11) is 0. The van der Waals surface area contributed by atoms with Crippen LogP contribution in [0.1, 0.15) is 19.6 Å². The second-order valence-electron chi connectivity index (χ2n) is 5.81. The number of carbonyl (C=O) groups is 3. The molecule has 0 unspecified atom stereocenters. The van der Waals surface area contributed by atoms with Gasteiger partial charge in [0.25, 0.3) is 11.1 Å². The summed E-state index contributed by atoms with van der Waals surface area (Å²) in [4.78, 5) is 37.7. The number of hydrogen-bond acceptors (Lipinski definition) is 6. The molecule has 1 aliphatic heterocycles. The summed E-state index contributed by atoms with van der Waals surface area (Å²) in [6.45, 7) is 3.26. The Hall–Kier alpha value is -2.22. The SMILES string of the molecule is CCOC(=O)[C@@H](C)N1C(=O)S/C(=C/c2ccc(-c3cc(Cl)ccc3Cl)o2)C1=O. The third-order valence-corrected chi connectivity index (χ3v) is 5.38. The normalized spacial score (nSPS) is 16.7. The number of nitrogens with zero attached hydrogens (tertiary/aromatic N) is 1. The van der Waals surface area contributed by atoms with Crippen molar-refractivity contribution in [1.29, 1.82) is 0 Å². The van der Waals surface area contributed by atoms with E-state index in [9.17, 15) is 14.4 Å². The van der Waals surface area contributed by atoms with E-state index in [0.29, 0.717) is 27.1 Å². The summed E-state index contributed by atoms with van der Waals surface area (Å²) in [6.07, 6.45) is 1.45. The first-order valence-electron chi connectivity index (χ1n) is 8.30. The van der Waals surface area contributed by atoms with Crippen LogP contribution in [0.4, 0.5) is 4.79 Å². The summed E-state index contributed by atoms with van der Waals surface area (Å²) in [5.74, 6) is -0.380. The average Bonchev–Trinajstić information content (AvgIpc) is 3.21. The van der Waals surface area contributed by atoms with E-state index in [-0.39, 0.29) is 11.5 Å². The molecule has 2 heterocycles. The monoisotopic (exact) mass is 439 g/mol. The molecule has 1 aliphatic rings. The Morgan fingerprint density at radius 1 is 1.29 bits per heavy atom. The van der Waals surface area contributed by atoms with Crippen LogP contribution in [-0.2, 0) is 14.3 Å². The Labute approximate surface area is 175 Å². The van der Waals surface area contributed by atoms with Crippen LogP contribution < -0.4 is 0 Å². The maximum Gasteiger partial charge on any atom is 0.329 e. The lowest BCUT2D eigenvalue weighted by molar-refractivity contribution is -0.150. The van der Waals surface area contributed by atoms with Crippen LogP contribution in [-0.4, -0.2) is 34.7 Å². The summed E-state index contributed by atoms with van der Waals surface area (Å²) in [5, 5.41) is 0.432. The van der Waals surface area contributed by atoms with E-state index >= 15 is 0 Å². The largest absolute Gasteiger partial charge is 0.464 e. The van der Waals surface area contributed by atoms with Gasteiger partial charge in [0.05, 0.1) is 16.5 Å². The van der Waals surface area contributed by atoms with Crippen molar-refractivity contribution >= 4 is 58.2 Å². The van der Waals surface area contributed by atoms with Crippen LogP contribution in [0, 0.1) is 0 Å². The van der Waals surface area contributed by atoms with Gasteiger partial charge in [-0.1, -0.05) is 23.2 Å². The number of benzene rings is 1. The predicted molar refractivity (Wildman–Crippen MR) is 108 cm³/mol. The van der Waals surface area contributed by atoms with Gasteiger partial charge in [0.15, 0.2) is 0 Å². The molecular formula is C19H15Cl2NO5S. The number of ether oxygens (including phenoxy) is 1. The molecule has 0 bridgehead atoms. The van der Waals surface area contributed by atoms with Crippen LogP contribution in [0.5, 0.6) is 0 Å². The zero-order valence-electron chi connectivity index (χ0n) is 14.9. The zero-order valence-corrected chi connectivity index (χ0v) is 17.2. The quantitative estimate of drug-likeness (QED) is 0.468. The molecule has 0 saturated carbocycles. The molecule has 6 nitrogen and oxygen atoms in total. The molecule has 0 radical (unpaired) electrons. The fraction of sp³-hybridized carbons (Fsp3) is 0.211. The van der Waals surface area contributed by atoms with Crippen molar-refractivity contribution in [2.75, 3.05) is 6.61 Å². The summed E-state index contributed by atoms with van der Waals surface area (Å²) >= 11 is 12.9. The fourth-order valence-electron chi connectivity index (χ4n) is 2.57. The lowest BCUT2D eigenvalue weighted by Gasteiger charge is -2.19. The van der Waals surface area contributed by atoms with Crippen molar-refractivity contribution < 1.29 is 23.5 Å². The summed E-state index contributed by atoms with van der Waals surface area (Å²) < 4.78 is 10.6. The Morgan fingerprint density at radius 2 is 2.04 bits per heavy atom. The second-order valence-corrected chi connectivity index (χ2v) is 7.64. The van der Waals surface area contributed by atoms with Crippen LogP contribution >= 0.6 is 35.0 Å². The number of imide groups is 1. The number of rotatable bonds is 5. The zero-order chi connectivity index (χ0) is 20.4. The van der Waals surface area contributed by atoms with Crippen LogP contribution in [0.25, 0.3) is 17.4 Å². The smallest absolute Gasteiger partial charge is 0.329 e. The van der Waals surface area contributed by atoms with Gasteiger partial charge in [-0.25, -0.2) is 4.79 Å². The summed E-state index contributed by atoms with van der Waals surface area (Å²) in [6, 6.07) is 7.32. The molecule has 28 heavy (non-hydrogen) atoms. The number of halogens is 2. The molecule has 2 aromatic rings. The lowest BCUT2D eigenvalue weighted by Crippen LogP contribution is -2.42. The molecular weight excluding hydrogens is 425 g/mol. The minimum atomic E-state index is -1.00. The average molecular weight is 440 g/mol. The first kappa shape index (κ1) is 20.5. The van der Waals surface area contributed by atoms with Gasteiger partial charge in [0.2, 0.25) is 0 Å². The molecule has 1 aromatic heterocycles. The highest BCUT2D eigenvalue weighted by Crippen LogP contribution is 2.36. The van der Waals surface area contributed by atoms with Crippen LogP contribution in [0.3, 0.4) is 0 Å². The third-order valence-electron chi connectivity index (χ3n) is 3.93. The molecule has 1 fully saturated rings. The van der Waals surface area contributed by atoms with Gasteiger partial charge >= 0.3 is 5.97 Å². The number of furan rings is 1. The number of esters is 1. The highest BCUT2D eigenvalue weighted by atomic mass is 35.5. The Bertz CT molecular complexity index is 984. The van der Waals surface area contributed by atoms with Gasteiger partial charge in [0, 0.05) is 16.7 Å². The number of thioether (sulfide) groups is 1. The standard InChI is InChI=1S/C19H15Cl2NO5S/c1-3-26-18(24)10(2)22-17(23)16(28-19(22)25)9-12-5-7-15(27-12)13-8-11(20)4-6-14(13)21/h4-10H,3H2,1-2H3/b16-9+/t10-/m1/s1. The van der Waals surface area contributed by atoms with Gasteiger partial charge in [-0.15, -0.1) is 0 Å². The van der Waals surface area contributed by atoms with Crippen molar-refractivity contribution in [3.8, 4) is 11.3 Å². The summed E-state index contributed by atoms with van der Waals surface area (Å²) in [5.41, 5.74) is 0.609. The molecule has 0 aliphatic carbocycles. The van der Waals surface area contributed by atoms with Crippen LogP contribution in [0.2, 0.25) is 10.0 Å². The number of carbonyl (C=O) groups excluding carboxylic acids is 3. The van der Waals surface area contributed by atoms with Crippen molar-refractivity contribution in [2.45, 2.75) is 19.9 Å². The minimum Gasteiger partial charge on any atom is -0.464 e. The van der Waals surface area contributed by atoms with E-state index in [1.165, 1.54) is 13.0 Å². The number of amides is 2. The van der Waals surface area contributed by atoms with E-state index in [1.807, 2.05) is 0 Å². The van der Waals surface area contributed by atoms with E-state index in [2.05, 4.69) is 0 Å². The van der Waals surface area contributed by atoms with Crippen molar-refractivity contribution in [3.63, 3.8) is 0 Å². The molecule has 1 aromatic carbocycles. The van der Waals surface area contributed by atoms with E-state index in [0.717, 1.165) is 16.7 Å². The maximum atomic E-state index is 12.6. The van der Waals surface area contributed by atoms with E-state index < -0.39 is 23.2 Å². The maximum absolute atomic E-state index is 12.6. The Kier molecular flexibility index (Phi) is 6.17. The third kappa shape index (κ3) is 4.11. The second kappa shape index (κ2) is 8.43.